The summed E-state index contributed by atoms with van der Waals surface area (Å²) in [7, 11) is 0. The highest BCUT2D eigenvalue weighted by atomic mass is 32.1. The second-order valence-electron chi connectivity index (χ2n) is 7.91. The average molecular weight is 447 g/mol. The number of rotatable bonds is 11. The van der Waals surface area contributed by atoms with Gasteiger partial charge in [0.15, 0.2) is 5.11 Å². The van der Waals surface area contributed by atoms with Gasteiger partial charge in [0.1, 0.15) is 5.75 Å². The van der Waals surface area contributed by atoms with Crippen LogP contribution in [0.5, 0.6) is 5.75 Å². The fourth-order valence-electron chi connectivity index (χ4n) is 3.51. The monoisotopic (exact) mass is 446 g/mol. The van der Waals surface area contributed by atoms with Crippen LogP contribution >= 0.6 is 12.2 Å². The number of unbranched alkanes of at least 4 members (excludes halogenated alkanes) is 2. The third kappa shape index (κ3) is 6.83. The van der Waals surface area contributed by atoms with E-state index in [4.69, 9.17) is 17.0 Å². The van der Waals surface area contributed by atoms with Gasteiger partial charge in [0.05, 0.1) is 6.61 Å². The number of nitrogens with zero attached hydrogens (tertiary/aromatic N) is 2. The lowest BCUT2D eigenvalue weighted by Crippen LogP contribution is -2.40. The van der Waals surface area contributed by atoms with E-state index in [-0.39, 0.29) is 0 Å². The number of hydrogen-bond donors (Lipinski definition) is 0. The molecule has 0 bridgehead atoms. The topological polar surface area (TPSA) is 15.7 Å². The maximum Gasteiger partial charge on any atom is 0.181 e. The second-order valence-corrected chi connectivity index (χ2v) is 8.28. The minimum absolute atomic E-state index is 0.749. The summed E-state index contributed by atoms with van der Waals surface area (Å²) in [5.41, 5.74) is 3.36. The Morgan fingerprint density at radius 2 is 1.34 bits per heavy atom. The van der Waals surface area contributed by atoms with E-state index in [2.05, 4.69) is 90.4 Å². The zero-order chi connectivity index (χ0) is 22.6. The number of hydrogen-bond acceptors (Lipinski definition) is 2. The molecule has 3 aromatic rings. The zero-order valence-corrected chi connectivity index (χ0v) is 20.1. The van der Waals surface area contributed by atoms with Gasteiger partial charge < -0.3 is 9.64 Å². The molecule has 0 fully saturated rings. The molecule has 0 amide bonds. The molecule has 0 unspecified atom stereocenters. The Morgan fingerprint density at radius 1 is 0.750 bits per heavy atom. The maximum atomic E-state index is 6.11. The van der Waals surface area contributed by atoms with E-state index in [0.717, 1.165) is 67.6 Å². The van der Waals surface area contributed by atoms with Crippen LogP contribution in [0.3, 0.4) is 0 Å². The summed E-state index contributed by atoms with van der Waals surface area (Å²) < 4.78 is 5.87. The minimum atomic E-state index is 0.749. The SMILES string of the molecule is CCCCOc1ccc(N(C(=S)N(CCCC)Cc2ccccc2)c2ccccc2)cc1. The van der Waals surface area contributed by atoms with Crippen molar-refractivity contribution in [2.75, 3.05) is 18.1 Å². The van der Waals surface area contributed by atoms with E-state index in [1.54, 1.807) is 0 Å². The molecule has 0 aliphatic heterocycles. The third-order valence-electron chi connectivity index (χ3n) is 5.34. The molecule has 32 heavy (non-hydrogen) atoms. The molecular formula is C28H34N2OS. The van der Waals surface area contributed by atoms with Crippen LogP contribution in [0.4, 0.5) is 11.4 Å². The van der Waals surface area contributed by atoms with Crippen LogP contribution in [-0.2, 0) is 6.54 Å². The molecule has 0 aromatic heterocycles. The average Bonchev–Trinajstić information content (AvgIpc) is 2.84. The molecule has 3 rings (SSSR count). The maximum absolute atomic E-state index is 6.11. The minimum Gasteiger partial charge on any atom is -0.494 e. The van der Waals surface area contributed by atoms with Crippen LogP contribution in [0.25, 0.3) is 0 Å². The molecule has 0 atom stereocenters. The summed E-state index contributed by atoms with van der Waals surface area (Å²) in [5.74, 6) is 0.897. The van der Waals surface area contributed by atoms with Crippen molar-refractivity contribution in [2.24, 2.45) is 0 Å². The van der Waals surface area contributed by atoms with Crippen LogP contribution in [0.1, 0.15) is 45.1 Å². The highest BCUT2D eigenvalue weighted by Gasteiger charge is 2.20. The number of ether oxygens (including phenoxy) is 1. The summed E-state index contributed by atoms with van der Waals surface area (Å²) in [6.07, 6.45) is 4.42. The quantitative estimate of drug-likeness (QED) is 0.223. The Balaban J connectivity index is 1.88. The molecule has 0 saturated carbocycles. The fourth-order valence-corrected chi connectivity index (χ4v) is 3.88. The molecular weight excluding hydrogens is 412 g/mol. The van der Waals surface area contributed by atoms with Crippen molar-refractivity contribution in [1.29, 1.82) is 0 Å². The van der Waals surface area contributed by atoms with Crippen molar-refractivity contribution in [2.45, 2.75) is 46.1 Å². The van der Waals surface area contributed by atoms with E-state index < -0.39 is 0 Å². The number of thiocarbonyl (C=S) groups is 1. The molecule has 3 nitrogen and oxygen atoms in total. The van der Waals surface area contributed by atoms with Crippen LogP contribution in [0.2, 0.25) is 0 Å². The van der Waals surface area contributed by atoms with E-state index in [0.29, 0.717) is 0 Å². The first kappa shape index (κ1) is 23.8. The molecule has 0 heterocycles. The predicted octanol–water partition coefficient (Wildman–Crippen LogP) is 7.59. The highest BCUT2D eigenvalue weighted by Crippen LogP contribution is 2.29. The van der Waals surface area contributed by atoms with Crippen LogP contribution < -0.4 is 9.64 Å². The molecule has 4 heteroatoms. The van der Waals surface area contributed by atoms with Gasteiger partial charge in [0, 0.05) is 24.5 Å². The summed E-state index contributed by atoms with van der Waals surface area (Å²) in [5, 5.41) is 0.813. The molecule has 0 aliphatic carbocycles. The summed E-state index contributed by atoms with van der Waals surface area (Å²) in [6, 6.07) is 29.2. The lowest BCUT2D eigenvalue weighted by molar-refractivity contribution is 0.309. The lowest BCUT2D eigenvalue weighted by atomic mass is 10.2. The van der Waals surface area contributed by atoms with Gasteiger partial charge >= 0.3 is 0 Å². The Kier molecular flexibility index (Phi) is 9.58. The number of para-hydroxylation sites is 1. The molecule has 0 N–H and O–H groups in total. The molecule has 0 spiro atoms. The smallest absolute Gasteiger partial charge is 0.181 e. The first-order valence-corrected chi connectivity index (χ1v) is 12.0. The van der Waals surface area contributed by atoms with Crippen molar-refractivity contribution in [3.8, 4) is 5.75 Å². The second kappa shape index (κ2) is 12.9. The van der Waals surface area contributed by atoms with Crippen molar-refractivity contribution in [3.05, 3.63) is 90.5 Å². The summed E-state index contributed by atoms with van der Waals surface area (Å²) >= 11 is 6.11. The van der Waals surface area contributed by atoms with E-state index >= 15 is 0 Å². The predicted molar refractivity (Wildman–Crippen MR) is 140 cm³/mol. The van der Waals surface area contributed by atoms with Crippen LogP contribution in [-0.4, -0.2) is 23.2 Å². The Bertz CT molecular complexity index is 929. The van der Waals surface area contributed by atoms with E-state index in [1.165, 1.54) is 5.56 Å². The first-order chi connectivity index (χ1) is 15.7. The fraction of sp³-hybridized carbons (Fsp3) is 0.321. The summed E-state index contributed by atoms with van der Waals surface area (Å²) in [6.45, 7) is 6.85. The Labute approximate surface area is 198 Å². The van der Waals surface area contributed by atoms with Crippen molar-refractivity contribution >= 4 is 28.7 Å². The van der Waals surface area contributed by atoms with Gasteiger partial charge in [-0.15, -0.1) is 0 Å². The largest absolute Gasteiger partial charge is 0.494 e. The number of benzene rings is 3. The van der Waals surface area contributed by atoms with Gasteiger partial charge in [-0.3, -0.25) is 4.90 Å². The molecule has 3 aromatic carbocycles. The molecule has 0 radical (unpaired) electrons. The third-order valence-corrected chi connectivity index (χ3v) is 5.78. The van der Waals surface area contributed by atoms with Gasteiger partial charge in [-0.1, -0.05) is 75.2 Å². The van der Waals surface area contributed by atoms with E-state index in [9.17, 15) is 0 Å². The van der Waals surface area contributed by atoms with E-state index in [1.807, 2.05) is 18.2 Å². The Morgan fingerprint density at radius 3 is 1.97 bits per heavy atom. The molecule has 0 aliphatic rings. The van der Waals surface area contributed by atoms with Gasteiger partial charge in [-0.25, -0.2) is 0 Å². The number of anilines is 2. The normalized spacial score (nSPS) is 10.6. The lowest BCUT2D eigenvalue weighted by Gasteiger charge is -2.34. The van der Waals surface area contributed by atoms with Gasteiger partial charge in [-0.05, 0) is 67.0 Å². The van der Waals surface area contributed by atoms with Crippen LogP contribution in [0, 0.1) is 0 Å². The Hall–Kier alpha value is -2.85. The zero-order valence-electron chi connectivity index (χ0n) is 19.2. The van der Waals surface area contributed by atoms with Crippen LogP contribution in [0.15, 0.2) is 84.9 Å². The molecule has 0 saturated heterocycles. The van der Waals surface area contributed by atoms with Crippen molar-refractivity contribution < 1.29 is 4.74 Å². The van der Waals surface area contributed by atoms with Crippen molar-refractivity contribution in [1.82, 2.24) is 4.90 Å². The van der Waals surface area contributed by atoms with Gasteiger partial charge in [0.2, 0.25) is 0 Å². The highest BCUT2D eigenvalue weighted by molar-refractivity contribution is 7.80. The molecule has 168 valence electrons. The standard InChI is InChI=1S/C28H34N2OS/c1-3-5-21-29(23-24-13-9-7-10-14-24)28(32)30(25-15-11-8-12-16-25)26-17-19-27(20-18-26)31-22-6-4-2/h7-20H,3-6,21-23H2,1-2H3. The van der Waals surface area contributed by atoms with Crippen molar-refractivity contribution in [3.63, 3.8) is 0 Å². The van der Waals surface area contributed by atoms with Gasteiger partial charge in [0.25, 0.3) is 0 Å². The summed E-state index contributed by atoms with van der Waals surface area (Å²) in [4.78, 5) is 4.48. The first-order valence-electron chi connectivity index (χ1n) is 11.6. The van der Waals surface area contributed by atoms with Gasteiger partial charge in [-0.2, -0.15) is 0 Å².